The maximum atomic E-state index is 5.83. The van der Waals surface area contributed by atoms with Crippen LogP contribution in [0.15, 0.2) is 27.7 Å². The SMILES string of the molecule is Nc1noc2c(-c3cnn(C4CCCCO4)c3)cnc(Br)c12. The Labute approximate surface area is 134 Å². The van der Waals surface area contributed by atoms with Crippen LogP contribution < -0.4 is 5.73 Å². The molecule has 0 aliphatic carbocycles. The third kappa shape index (κ3) is 2.19. The molecule has 0 spiro atoms. The van der Waals surface area contributed by atoms with Gasteiger partial charge < -0.3 is 15.0 Å². The van der Waals surface area contributed by atoms with E-state index in [1.165, 1.54) is 0 Å². The second kappa shape index (κ2) is 5.36. The molecule has 1 aliphatic rings. The van der Waals surface area contributed by atoms with E-state index < -0.39 is 0 Å². The lowest BCUT2D eigenvalue weighted by atomic mass is 10.1. The first-order chi connectivity index (χ1) is 10.7. The summed E-state index contributed by atoms with van der Waals surface area (Å²) in [5, 5.41) is 8.91. The number of halogens is 1. The predicted molar refractivity (Wildman–Crippen MR) is 84.0 cm³/mol. The van der Waals surface area contributed by atoms with E-state index in [9.17, 15) is 0 Å². The normalized spacial score (nSPS) is 18.9. The predicted octanol–water partition coefficient (Wildman–Crippen LogP) is 3.13. The molecule has 7 nitrogen and oxygen atoms in total. The quantitative estimate of drug-likeness (QED) is 0.703. The molecule has 1 unspecified atom stereocenters. The van der Waals surface area contributed by atoms with Crippen LogP contribution in [0, 0.1) is 0 Å². The summed E-state index contributed by atoms with van der Waals surface area (Å²) < 4.78 is 13.6. The van der Waals surface area contributed by atoms with Crippen molar-refractivity contribution in [3.8, 4) is 11.1 Å². The molecule has 1 aliphatic heterocycles. The molecule has 3 aromatic heterocycles. The van der Waals surface area contributed by atoms with Crippen molar-refractivity contribution in [3.63, 3.8) is 0 Å². The zero-order valence-corrected chi connectivity index (χ0v) is 13.3. The number of rotatable bonds is 2. The van der Waals surface area contributed by atoms with Crippen molar-refractivity contribution in [2.24, 2.45) is 0 Å². The van der Waals surface area contributed by atoms with Gasteiger partial charge in [0.15, 0.2) is 11.4 Å². The number of anilines is 1. The molecule has 0 radical (unpaired) electrons. The molecule has 2 N–H and O–H groups in total. The Bertz CT molecular complexity index is 822. The van der Waals surface area contributed by atoms with Gasteiger partial charge in [-0.1, -0.05) is 5.16 Å². The summed E-state index contributed by atoms with van der Waals surface area (Å²) >= 11 is 3.37. The third-order valence-corrected chi connectivity index (χ3v) is 4.44. The molecule has 8 heteroatoms. The average Bonchev–Trinajstić information content (AvgIpc) is 3.17. The first-order valence-corrected chi connectivity index (χ1v) is 7.89. The van der Waals surface area contributed by atoms with Crippen molar-refractivity contribution in [1.29, 1.82) is 0 Å². The number of hydrogen-bond acceptors (Lipinski definition) is 6. The Morgan fingerprint density at radius 2 is 2.23 bits per heavy atom. The Morgan fingerprint density at radius 3 is 3.05 bits per heavy atom. The zero-order valence-electron chi connectivity index (χ0n) is 11.7. The monoisotopic (exact) mass is 363 g/mol. The van der Waals surface area contributed by atoms with Gasteiger partial charge in [0.25, 0.3) is 0 Å². The van der Waals surface area contributed by atoms with Crippen molar-refractivity contribution in [3.05, 3.63) is 23.2 Å². The molecule has 4 rings (SSSR count). The molecule has 1 saturated heterocycles. The third-order valence-electron chi connectivity index (χ3n) is 3.84. The number of nitrogens with zero attached hydrogens (tertiary/aromatic N) is 4. The standard InChI is InChI=1S/C14H14BrN5O2/c15-13-11-12(22-19-14(11)16)9(6-17-13)8-5-18-20(7-8)10-3-1-2-4-21-10/h5-7,10H,1-4H2,(H2,16,19). The molecule has 3 aromatic rings. The fraction of sp³-hybridized carbons (Fsp3) is 0.357. The number of ether oxygens (including phenoxy) is 1. The molecule has 4 heterocycles. The van der Waals surface area contributed by atoms with Crippen molar-refractivity contribution in [2.75, 3.05) is 12.3 Å². The van der Waals surface area contributed by atoms with E-state index in [1.54, 1.807) is 12.4 Å². The Kier molecular flexibility index (Phi) is 3.34. The summed E-state index contributed by atoms with van der Waals surface area (Å²) in [5.74, 6) is 0.319. The minimum Gasteiger partial charge on any atom is -0.380 e. The molecule has 114 valence electrons. The lowest BCUT2D eigenvalue weighted by Crippen LogP contribution is -2.18. The van der Waals surface area contributed by atoms with Gasteiger partial charge in [-0.25, -0.2) is 9.67 Å². The molecule has 0 saturated carbocycles. The maximum Gasteiger partial charge on any atom is 0.181 e. The van der Waals surface area contributed by atoms with Crippen molar-refractivity contribution in [1.82, 2.24) is 19.9 Å². The van der Waals surface area contributed by atoms with E-state index in [0.29, 0.717) is 21.4 Å². The van der Waals surface area contributed by atoms with Gasteiger partial charge in [0, 0.05) is 30.1 Å². The highest BCUT2D eigenvalue weighted by Crippen LogP contribution is 2.35. The van der Waals surface area contributed by atoms with E-state index in [0.717, 1.165) is 37.0 Å². The van der Waals surface area contributed by atoms with Crippen LogP contribution in [0.4, 0.5) is 5.82 Å². The average molecular weight is 364 g/mol. The van der Waals surface area contributed by atoms with Gasteiger partial charge in [0.05, 0.1) is 11.6 Å². The molecule has 0 aromatic carbocycles. The summed E-state index contributed by atoms with van der Waals surface area (Å²) in [6, 6.07) is 0. The number of hydrogen-bond donors (Lipinski definition) is 1. The summed E-state index contributed by atoms with van der Waals surface area (Å²) in [6.07, 6.45) is 8.69. The fourth-order valence-corrected chi connectivity index (χ4v) is 3.19. The summed E-state index contributed by atoms with van der Waals surface area (Å²) in [7, 11) is 0. The van der Waals surface area contributed by atoms with Crippen LogP contribution in [-0.4, -0.2) is 26.5 Å². The molecule has 22 heavy (non-hydrogen) atoms. The summed E-state index contributed by atoms with van der Waals surface area (Å²) in [5.41, 5.74) is 8.14. The van der Waals surface area contributed by atoms with Crippen molar-refractivity contribution < 1.29 is 9.26 Å². The van der Waals surface area contributed by atoms with Crippen LogP contribution >= 0.6 is 15.9 Å². The van der Waals surface area contributed by atoms with E-state index >= 15 is 0 Å². The van der Waals surface area contributed by atoms with Crippen molar-refractivity contribution >= 4 is 32.7 Å². The van der Waals surface area contributed by atoms with Gasteiger partial charge in [0.1, 0.15) is 10.8 Å². The summed E-state index contributed by atoms with van der Waals surface area (Å²) in [4.78, 5) is 4.31. The Morgan fingerprint density at radius 1 is 1.32 bits per heavy atom. The van der Waals surface area contributed by atoms with Crippen LogP contribution in [0.1, 0.15) is 25.5 Å². The van der Waals surface area contributed by atoms with Crippen LogP contribution in [0.25, 0.3) is 22.1 Å². The smallest absolute Gasteiger partial charge is 0.181 e. The van der Waals surface area contributed by atoms with Crippen LogP contribution in [0.3, 0.4) is 0 Å². The number of aromatic nitrogens is 4. The lowest BCUT2D eigenvalue weighted by Gasteiger charge is -2.22. The van der Waals surface area contributed by atoms with Gasteiger partial charge in [-0.3, -0.25) is 0 Å². The van der Waals surface area contributed by atoms with Crippen LogP contribution in [-0.2, 0) is 4.74 Å². The van der Waals surface area contributed by atoms with E-state index in [2.05, 4.69) is 31.2 Å². The summed E-state index contributed by atoms with van der Waals surface area (Å²) in [6.45, 7) is 0.780. The Hall–Kier alpha value is -1.93. The maximum absolute atomic E-state index is 5.83. The highest BCUT2D eigenvalue weighted by atomic mass is 79.9. The second-order valence-electron chi connectivity index (χ2n) is 5.26. The van der Waals surface area contributed by atoms with Crippen molar-refractivity contribution in [2.45, 2.75) is 25.5 Å². The highest BCUT2D eigenvalue weighted by Gasteiger charge is 2.20. The molecule has 1 atom stereocenters. The van der Waals surface area contributed by atoms with Crippen LogP contribution in [0.2, 0.25) is 0 Å². The van der Waals surface area contributed by atoms with E-state index in [-0.39, 0.29) is 6.23 Å². The first-order valence-electron chi connectivity index (χ1n) is 7.09. The van der Waals surface area contributed by atoms with Gasteiger partial charge in [0.2, 0.25) is 0 Å². The van der Waals surface area contributed by atoms with Gasteiger partial charge in [-0.2, -0.15) is 5.10 Å². The number of nitrogens with two attached hydrogens (primary N) is 1. The Balaban J connectivity index is 1.76. The number of pyridine rings is 1. The second-order valence-corrected chi connectivity index (χ2v) is 6.02. The zero-order chi connectivity index (χ0) is 15.1. The van der Waals surface area contributed by atoms with E-state index in [1.807, 2.05) is 10.9 Å². The largest absolute Gasteiger partial charge is 0.380 e. The van der Waals surface area contributed by atoms with Gasteiger partial charge in [-0.05, 0) is 35.2 Å². The minimum atomic E-state index is 0.00111. The van der Waals surface area contributed by atoms with Gasteiger partial charge in [-0.15, -0.1) is 0 Å². The molecule has 0 bridgehead atoms. The minimum absolute atomic E-state index is 0.00111. The molecule has 1 fully saturated rings. The number of nitrogen functional groups attached to an aromatic ring is 1. The van der Waals surface area contributed by atoms with Crippen LogP contribution in [0.5, 0.6) is 0 Å². The van der Waals surface area contributed by atoms with Gasteiger partial charge >= 0.3 is 0 Å². The fourth-order valence-electron chi connectivity index (χ4n) is 2.70. The molecule has 0 amide bonds. The first kappa shape index (κ1) is 13.7. The molecular weight excluding hydrogens is 350 g/mol. The number of fused-ring (bicyclic) bond motifs is 1. The molecular formula is C14H14BrN5O2. The highest BCUT2D eigenvalue weighted by molar-refractivity contribution is 9.10. The lowest BCUT2D eigenvalue weighted by molar-refractivity contribution is -0.0394. The van der Waals surface area contributed by atoms with E-state index in [4.69, 9.17) is 15.0 Å². The topological polar surface area (TPSA) is 92.0 Å².